The molecule has 0 fully saturated rings. The van der Waals surface area contributed by atoms with Crippen molar-refractivity contribution in [3.8, 4) is 0 Å². The predicted octanol–water partition coefficient (Wildman–Crippen LogP) is 3.77. The highest BCUT2D eigenvalue weighted by Gasteiger charge is 2.39. The van der Waals surface area contributed by atoms with Crippen LogP contribution in [0.5, 0.6) is 0 Å². The van der Waals surface area contributed by atoms with Gasteiger partial charge in [0.1, 0.15) is 11.6 Å². The number of amides is 2. The zero-order valence-electron chi connectivity index (χ0n) is 16.1. The Kier molecular flexibility index (Phi) is 5.81. The smallest absolute Gasteiger partial charge is 0.338 e. The number of carbonyl (C=O) groups is 3. The Morgan fingerprint density at radius 3 is 2.27 bits per heavy atom. The lowest BCUT2D eigenvalue weighted by Crippen LogP contribution is -2.48. The number of esters is 1. The molecule has 0 bridgehead atoms. The van der Waals surface area contributed by atoms with Crippen molar-refractivity contribution in [1.29, 1.82) is 0 Å². The number of halogens is 2. The number of hydrogen-bond acceptors (Lipinski definition) is 4. The van der Waals surface area contributed by atoms with E-state index in [0.29, 0.717) is 0 Å². The second-order valence-corrected chi connectivity index (χ2v) is 6.42. The van der Waals surface area contributed by atoms with Crippen molar-refractivity contribution in [2.75, 3.05) is 11.5 Å². The minimum Gasteiger partial charge on any atom is -0.478 e. The lowest BCUT2D eigenvalue weighted by atomic mass is 9.93. The van der Waals surface area contributed by atoms with Gasteiger partial charge in [-0.15, -0.1) is 0 Å². The number of ether oxygens (including phenoxy) is 1. The van der Waals surface area contributed by atoms with Crippen molar-refractivity contribution in [2.24, 2.45) is 0 Å². The maximum absolute atomic E-state index is 14.4. The highest BCUT2D eigenvalue weighted by molar-refractivity contribution is 6.03. The number of rotatable bonds is 5. The quantitative estimate of drug-likeness (QED) is 0.724. The number of urea groups is 1. The van der Waals surface area contributed by atoms with Gasteiger partial charge in [0.25, 0.3) is 0 Å². The lowest BCUT2D eigenvalue weighted by Gasteiger charge is -2.35. The van der Waals surface area contributed by atoms with Crippen LogP contribution >= 0.6 is 0 Å². The molecule has 7 nitrogen and oxygen atoms in total. The molecule has 3 rings (SSSR count). The zero-order valence-corrected chi connectivity index (χ0v) is 16.1. The van der Waals surface area contributed by atoms with Gasteiger partial charge < -0.3 is 15.2 Å². The first-order chi connectivity index (χ1) is 14.3. The molecule has 0 saturated carbocycles. The van der Waals surface area contributed by atoms with Gasteiger partial charge in [0.15, 0.2) is 0 Å². The monoisotopic (exact) mass is 416 g/mol. The molecule has 0 radical (unpaired) electrons. The summed E-state index contributed by atoms with van der Waals surface area (Å²) in [4.78, 5) is 37.7. The molecule has 1 unspecified atom stereocenters. The van der Waals surface area contributed by atoms with Gasteiger partial charge in [-0.2, -0.15) is 0 Å². The molecule has 2 amide bonds. The topological polar surface area (TPSA) is 95.9 Å². The van der Waals surface area contributed by atoms with Crippen LogP contribution in [0, 0.1) is 11.6 Å². The SMILES string of the molecule is CCOC(=O)C1=C(C)N(c2ccc(C(=O)O)cc2)C(=O)NC1c1c(F)cccc1F. The minimum absolute atomic E-state index is 0.00900. The van der Waals surface area contributed by atoms with Crippen LogP contribution in [0.3, 0.4) is 0 Å². The van der Waals surface area contributed by atoms with Crippen LogP contribution in [-0.4, -0.2) is 29.7 Å². The van der Waals surface area contributed by atoms with Gasteiger partial charge in [-0.25, -0.2) is 23.2 Å². The Labute approximate surface area is 170 Å². The number of anilines is 1. The third kappa shape index (κ3) is 3.73. The predicted molar refractivity (Wildman–Crippen MR) is 103 cm³/mol. The second-order valence-electron chi connectivity index (χ2n) is 6.42. The van der Waals surface area contributed by atoms with Crippen LogP contribution in [0.15, 0.2) is 53.7 Å². The van der Waals surface area contributed by atoms with Gasteiger partial charge in [-0.3, -0.25) is 4.90 Å². The Morgan fingerprint density at radius 2 is 1.73 bits per heavy atom. The van der Waals surface area contributed by atoms with Crippen LogP contribution < -0.4 is 10.2 Å². The molecule has 0 aromatic heterocycles. The molecule has 1 heterocycles. The Balaban J connectivity index is 2.16. The van der Waals surface area contributed by atoms with E-state index in [9.17, 15) is 23.2 Å². The minimum atomic E-state index is -1.40. The largest absolute Gasteiger partial charge is 0.478 e. The van der Waals surface area contributed by atoms with Crippen LogP contribution in [0.1, 0.15) is 35.8 Å². The molecule has 2 aromatic rings. The summed E-state index contributed by atoms with van der Waals surface area (Å²) in [6.07, 6.45) is 0. The summed E-state index contributed by atoms with van der Waals surface area (Å²) in [5.74, 6) is -3.82. The average Bonchev–Trinajstić information content (AvgIpc) is 2.68. The van der Waals surface area contributed by atoms with Crippen LogP contribution in [-0.2, 0) is 9.53 Å². The van der Waals surface area contributed by atoms with Crippen LogP contribution in [0.2, 0.25) is 0 Å². The van der Waals surface area contributed by atoms with Gasteiger partial charge >= 0.3 is 18.0 Å². The van der Waals surface area contributed by atoms with Gasteiger partial charge in [-0.05, 0) is 50.2 Å². The molecular formula is C21H18F2N2O5. The molecule has 0 aliphatic carbocycles. The van der Waals surface area contributed by atoms with Crippen molar-refractivity contribution in [2.45, 2.75) is 19.9 Å². The van der Waals surface area contributed by atoms with Gasteiger partial charge in [-0.1, -0.05) is 6.07 Å². The van der Waals surface area contributed by atoms with E-state index < -0.39 is 41.2 Å². The average molecular weight is 416 g/mol. The number of carboxylic acids is 1. The van der Waals surface area contributed by atoms with E-state index in [4.69, 9.17) is 9.84 Å². The third-order valence-electron chi connectivity index (χ3n) is 4.64. The van der Waals surface area contributed by atoms with E-state index in [-0.39, 0.29) is 29.1 Å². The summed E-state index contributed by atoms with van der Waals surface area (Å²) in [7, 11) is 0. The summed E-state index contributed by atoms with van der Waals surface area (Å²) < 4.78 is 33.9. The maximum atomic E-state index is 14.4. The van der Waals surface area contributed by atoms with Gasteiger partial charge in [0.2, 0.25) is 0 Å². The number of carbonyl (C=O) groups excluding carboxylic acids is 2. The van der Waals surface area contributed by atoms with Gasteiger partial charge in [0.05, 0.1) is 35.0 Å². The third-order valence-corrected chi connectivity index (χ3v) is 4.64. The highest BCUT2D eigenvalue weighted by Crippen LogP contribution is 2.36. The van der Waals surface area contributed by atoms with Crippen molar-refractivity contribution in [3.63, 3.8) is 0 Å². The van der Waals surface area contributed by atoms with Crippen molar-refractivity contribution >= 4 is 23.7 Å². The number of carboxylic acid groups (broad SMARTS) is 1. The van der Waals surface area contributed by atoms with E-state index in [1.54, 1.807) is 6.92 Å². The summed E-state index contributed by atoms with van der Waals surface area (Å²) >= 11 is 0. The summed E-state index contributed by atoms with van der Waals surface area (Å²) in [5, 5.41) is 11.5. The molecule has 0 saturated heterocycles. The first-order valence-corrected chi connectivity index (χ1v) is 9.02. The molecule has 156 valence electrons. The van der Waals surface area contributed by atoms with Gasteiger partial charge in [0, 0.05) is 5.70 Å². The van der Waals surface area contributed by atoms with Crippen molar-refractivity contribution in [3.05, 3.63) is 76.5 Å². The number of allylic oxidation sites excluding steroid dienone is 1. The zero-order chi connectivity index (χ0) is 22.0. The fourth-order valence-electron chi connectivity index (χ4n) is 3.28. The molecule has 1 atom stereocenters. The first kappa shape index (κ1) is 21.0. The molecule has 2 N–H and O–H groups in total. The standard InChI is InChI=1S/C21H18F2N2O5/c1-3-30-20(28)16-11(2)25(13-9-7-12(8-10-13)19(26)27)21(29)24-18(16)17-14(22)5-4-6-15(17)23/h4-10,18H,3H2,1-2H3,(H,24,29)(H,26,27). The summed E-state index contributed by atoms with van der Waals surface area (Å²) in [6.45, 7) is 3.04. The molecule has 1 aliphatic heterocycles. The lowest BCUT2D eigenvalue weighted by molar-refractivity contribution is -0.139. The van der Waals surface area contributed by atoms with E-state index in [2.05, 4.69) is 5.32 Å². The number of nitrogens with one attached hydrogen (secondary N) is 1. The van der Waals surface area contributed by atoms with E-state index in [1.165, 1.54) is 37.3 Å². The van der Waals surface area contributed by atoms with Crippen molar-refractivity contribution < 1.29 is 33.0 Å². The number of hydrogen-bond donors (Lipinski definition) is 2. The van der Waals surface area contributed by atoms with Crippen LogP contribution in [0.25, 0.3) is 0 Å². The van der Waals surface area contributed by atoms with Crippen LogP contribution in [0.4, 0.5) is 19.3 Å². The fraction of sp³-hybridized carbons (Fsp3) is 0.190. The van der Waals surface area contributed by atoms with Crippen molar-refractivity contribution in [1.82, 2.24) is 5.32 Å². The summed E-state index contributed by atoms with van der Waals surface area (Å²) in [6, 6.07) is 6.47. The highest BCUT2D eigenvalue weighted by atomic mass is 19.1. The second kappa shape index (κ2) is 8.32. The first-order valence-electron chi connectivity index (χ1n) is 9.02. The normalized spacial score (nSPS) is 16.3. The number of benzene rings is 2. The Bertz CT molecular complexity index is 1030. The maximum Gasteiger partial charge on any atom is 0.338 e. The molecule has 9 heteroatoms. The Hall–Kier alpha value is -3.75. The molecule has 1 aliphatic rings. The molecule has 30 heavy (non-hydrogen) atoms. The molecule has 2 aromatic carbocycles. The van der Waals surface area contributed by atoms with E-state index in [1.807, 2.05) is 0 Å². The van der Waals surface area contributed by atoms with E-state index in [0.717, 1.165) is 17.0 Å². The van der Waals surface area contributed by atoms with E-state index >= 15 is 0 Å². The molecular weight excluding hydrogens is 398 g/mol. The fourth-order valence-corrected chi connectivity index (χ4v) is 3.28. The Morgan fingerprint density at radius 1 is 1.13 bits per heavy atom. The number of aromatic carboxylic acids is 1. The molecule has 0 spiro atoms. The summed E-state index contributed by atoms with van der Waals surface area (Å²) in [5.41, 5.74) is -0.233. The number of nitrogens with zero attached hydrogens (tertiary/aromatic N) is 1.